The van der Waals surface area contributed by atoms with Gasteiger partial charge in [-0.1, -0.05) is 12.8 Å². The highest BCUT2D eigenvalue weighted by Gasteiger charge is 2.14. The molecule has 1 aliphatic rings. The monoisotopic (exact) mass is 214 g/mol. The molecule has 1 saturated carbocycles. The van der Waals surface area contributed by atoms with E-state index in [1.807, 2.05) is 0 Å². The Balaban J connectivity index is 1.86. The molecule has 1 aliphatic carbocycles. The van der Waals surface area contributed by atoms with Crippen molar-refractivity contribution in [3.8, 4) is 0 Å². The molecular weight excluding hydrogens is 192 g/mol. The summed E-state index contributed by atoms with van der Waals surface area (Å²) in [5.41, 5.74) is 5.26. The summed E-state index contributed by atoms with van der Waals surface area (Å²) < 4.78 is 5.67. The fourth-order valence-corrected chi connectivity index (χ4v) is 1.82. The lowest BCUT2D eigenvalue weighted by Crippen LogP contribution is -2.27. The molecule has 4 nitrogen and oxygen atoms in total. The second kappa shape index (κ2) is 7.65. The predicted molar refractivity (Wildman–Crippen MR) is 59.5 cm³/mol. The molecule has 3 N–H and O–H groups in total. The zero-order valence-electron chi connectivity index (χ0n) is 9.34. The number of carbonyl (C=O) groups is 1. The van der Waals surface area contributed by atoms with E-state index in [-0.39, 0.29) is 5.91 Å². The Labute approximate surface area is 91.5 Å². The zero-order valence-corrected chi connectivity index (χ0v) is 9.34. The standard InChI is InChI=1S/C11H22N2O2/c12-7-6-11(14)13-8-3-9-15-10-4-1-2-5-10/h10H,1-9,12H2,(H,13,14). The Kier molecular flexibility index (Phi) is 6.36. The van der Waals surface area contributed by atoms with Crippen LogP contribution < -0.4 is 11.1 Å². The first-order valence-electron chi connectivity index (χ1n) is 5.91. The number of carbonyl (C=O) groups excluding carboxylic acids is 1. The molecule has 0 radical (unpaired) electrons. The van der Waals surface area contributed by atoms with Crippen molar-refractivity contribution < 1.29 is 9.53 Å². The van der Waals surface area contributed by atoms with Gasteiger partial charge in [-0.3, -0.25) is 4.79 Å². The van der Waals surface area contributed by atoms with Gasteiger partial charge < -0.3 is 15.8 Å². The Bertz CT molecular complexity index is 179. The van der Waals surface area contributed by atoms with Crippen LogP contribution in [0, 0.1) is 0 Å². The van der Waals surface area contributed by atoms with E-state index >= 15 is 0 Å². The highest BCUT2D eigenvalue weighted by molar-refractivity contribution is 5.75. The SMILES string of the molecule is NCCC(=O)NCCCOC1CCCC1. The molecule has 0 bridgehead atoms. The van der Waals surface area contributed by atoms with E-state index in [9.17, 15) is 4.79 Å². The zero-order chi connectivity index (χ0) is 10.9. The van der Waals surface area contributed by atoms with E-state index in [1.165, 1.54) is 25.7 Å². The van der Waals surface area contributed by atoms with Crippen LogP contribution in [0.2, 0.25) is 0 Å². The van der Waals surface area contributed by atoms with Crippen LogP contribution in [0.25, 0.3) is 0 Å². The minimum absolute atomic E-state index is 0.0402. The molecule has 0 heterocycles. The lowest BCUT2D eigenvalue weighted by Gasteiger charge is -2.10. The van der Waals surface area contributed by atoms with Crippen molar-refractivity contribution in [2.24, 2.45) is 5.73 Å². The normalized spacial score (nSPS) is 16.9. The van der Waals surface area contributed by atoms with E-state index in [2.05, 4.69) is 5.32 Å². The summed E-state index contributed by atoms with van der Waals surface area (Å²) in [4.78, 5) is 11.0. The lowest BCUT2D eigenvalue weighted by atomic mass is 10.3. The number of rotatable bonds is 7. The average Bonchev–Trinajstić information content (AvgIpc) is 2.70. The maximum Gasteiger partial charge on any atom is 0.221 e. The fourth-order valence-electron chi connectivity index (χ4n) is 1.82. The molecule has 0 spiro atoms. The van der Waals surface area contributed by atoms with Crippen LogP contribution in [0.5, 0.6) is 0 Å². The van der Waals surface area contributed by atoms with Gasteiger partial charge in [0.05, 0.1) is 6.10 Å². The van der Waals surface area contributed by atoms with Crippen LogP contribution in [0.1, 0.15) is 38.5 Å². The van der Waals surface area contributed by atoms with Gasteiger partial charge >= 0.3 is 0 Å². The number of hydrogen-bond donors (Lipinski definition) is 2. The van der Waals surface area contributed by atoms with Gasteiger partial charge in [0.15, 0.2) is 0 Å². The Morgan fingerprint density at radius 1 is 1.40 bits per heavy atom. The van der Waals surface area contributed by atoms with Crippen LogP contribution in [0.3, 0.4) is 0 Å². The van der Waals surface area contributed by atoms with Gasteiger partial charge in [0.25, 0.3) is 0 Å². The molecule has 0 aromatic heterocycles. The second-order valence-electron chi connectivity index (χ2n) is 4.02. The molecule has 1 amide bonds. The van der Waals surface area contributed by atoms with Gasteiger partial charge in [0.1, 0.15) is 0 Å². The Morgan fingerprint density at radius 2 is 2.13 bits per heavy atom. The minimum atomic E-state index is 0.0402. The third-order valence-corrected chi connectivity index (χ3v) is 2.67. The second-order valence-corrected chi connectivity index (χ2v) is 4.02. The van der Waals surface area contributed by atoms with Crippen molar-refractivity contribution in [2.75, 3.05) is 19.7 Å². The fraction of sp³-hybridized carbons (Fsp3) is 0.909. The third-order valence-electron chi connectivity index (χ3n) is 2.67. The maximum absolute atomic E-state index is 11.0. The van der Waals surface area contributed by atoms with Gasteiger partial charge in [0.2, 0.25) is 5.91 Å². The Morgan fingerprint density at radius 3 is 2.80 bits per heavy atom. The third kappa shape index (κ3) is 5.74. The summed E-state index contributed by atoms with van der Waals surface area (Å²) in [6.45, 7) is 1.88. The molecule has 0 aromatic rings. The minimum Gasteiger partial charge on any atom is -0.378 e. The van der Waals surface area contributed by atoms with Gasteiger partial charge in [-0.2, -0.15) is 0 Å². The van der Waals surface area contributed by atoms with E-state index < -0.39 is 0 Å². The van der Waals surface area contributed by atoms with Crippen molar-refractivity contribution in [3.63, 3.8) is 0 Å². The molecule has 15 heavy (non-hydrogen) atoms. The van der Waals surface area contributed by atoms with Crippen LogP contribution >= 0.6 is 0 Å². The molecule has 1 fully saturated rings. The smallest absolute Gasteiger partial charge is 0.221 e. The summed E-state index contributed by atoms with van der Waals surface area (Å²) in [7, 11) is 0. The number of amides is 1. The summed E-state index contributed by atoms with van der Waals surface area (Å²) in [6, 6.07) is 0. The first-order chi connectivity index (χ1) is 7.33. The van der Waals surface area contributed by atoms with Crippen molar-refractivity contribution in [1.29, 1.82) is 0 Å². The first kappa shape index (κ1) is 12.5. The maximum atomic E-state index is 11.0. The van der Waals surface area contributed by atoms with Crippen molar-refractivity contribution in [1.82, 2.24) is 5.32 Å². The molecular formula is C11H22N2O2. The number of nitrogens with one attached hydrogen (secondary N) is 1. The van der Waals surface area contributed by atoms with E-state index in [0.717, 1.165) is 13.0 Å². The van der Waals surface area contributed by atoms with E-state index in [4.69, 9.17) is 10.5 Å². The first-order valence-corrected chi connectivity index (χ1v) is 5.91. The highest BCUT2D eigenvalue weighted by atomic mass is 16.5. The van der Waals surface area contributed by atoms with Crippen LogP contribution in [0.4, 0.5) is 0 Å². The van der Waals surface area contributed by atoms with Crippen molar-refractivity contribution >= 4 is 5.91 Å². The van der Waals surface area contributed by atoms with Crippen LogP contribution in [-0.2, 0) is 9.53 Å². The average molecular weight is 214 g/mol. The molecule has 0 aliphatic heterocycles. The molecule has 88 valence electrons. The van der Waals surface area contributed by atoms with Crippen molar-refractivity contribution in [3.05, 3.63) is 0 Å². The van der Waals surface area contributed by atoms with Gasteiger partial charge in [-0.05, 0) is 19.3 Å². The summed E-state index contributed by atoms with van der Waals surface area (Å²) in [5, 5.41) is 2.81. The summed E-state index contributed by atoms with van der Waals surface area (Å²) in [5.74, 6) is 0.0402. The number of hydrogen-bond acceptors (Lipinski definition) is 3. The van der Waals surface area contributed by atoms with E-state index in [1.54, 1.807) is 0 Å². The number of nitrogens with two attached hydrogens (primary N) is 1. The molecule has 1 rings (SSSR count). The molecule has 4 heteroatoms. The summed E-state index contributed by atoms with van der Waals surface area (Å²) >= 11 is 0. The summed E-state index contributed by atoms with van der Waals surface area (Å²) in [6.07, 6.45) is 6.82. The molecule has 0 atom stereocenters. The van der Waals surface area contributed by atoms with Gasteiger partial charge in [0, 0.05) is 26.1 Å². The van der Waals surface area contributed by atoms with Crippen LogP contribution in [-0.4, -0.2) is 31.7 Å². The molecule has 0 saturated heterocycles. The number of ether oxygens (including phenoxy) is 1. The highest BCUT2D eigenvalue weighted by Crippen LogP contribution is 2.20. The van der Waals surface area contributed by atoms with E-state index in [0.29, 0.717) is 25.6 Å². The largest absolute Gasteiger partial charge is 0.378 e. The van der Waals surface area contributed by atoms with Gasteiger partial charge in [-0.15, -0.1) is 0 Å². The van der Waals surface area contributed by atoms with Gasteiger partial charge in [-0.25, -0.2) is 0 Å². The Hall–Kier alpha value is -0.610. The predicted octanol–water partition coefficient (Wildman–Crippen LogP) is 0.801. The topological polar surface area (TPSA) is 64.4 Å². The molecule has 0 aromatic carbocycles. The van der Waals surface area contributed by atoms with Crippen molar-refractivity contribution in [2.45, 2.75) is 44.6 Å². The molecule has 0 unspecified atom stereocenters. The quantitative estimate of drug-likeness (QED) is 0.616. The van der Waals surface area contributed by atoms with Crippen LogP contribution in [0.15, 0.2) is 0 Å². The lowest BCUT2D eigenvalue weighted by molar-refractivity contribution is -0.120.